The predicted molar refractivity (Wildman–Crippen MR) is 76.9 cm³/mol. The van der Waals surface area contributed by atoms with Crippen molar-refractivity contribution in [3.63, 3.8) is 0 Å². The third kappa shape index (κ3) is 2.52. The van der Waals surface area contributed by atoms with Gasteiger partial charge < -0.3 is 9.47 Å². The first-order chi connectivity index (χ1) is 10.2. The molecule has 0 unspecified atom stereocenters. The molecular weight excluding hydrogens is 271 g/mol. The summed E-state index contributed by atoms with van der Waals surface area (Å²) >= 11 is 0. The molecule has 2 aromatic carbocycles. The van der Waals surface area contributed by atoms with Gasteiger partial charge in [-0.2, -0.15) is 0 Å². The van der Waals surface area contributed by atoms with Gasteiger partial charge in [-0.1, -0.05) is 18.2 Å². The number of allylic oxidation sites excluding steroid dienone is 1. The van der Waals surface area contributed by atoms with Gasteiger partial charge in [0.25, 0.3) is 0 Å². The second-order valence-electron chi connectivity index (χ2n) is 4.55. The second kappa shape index (κ2) is 5.40. The van der Waals surface area contributed by atoms with Gasteiger partial charge in [-0.05, 0) is 31.2 Å². The number of Topliss-reactive ketones (excluding diaryl/α,β-unsaturated/α-hetero) is 1. The van der Waals surface area contributed by atoms with Crippen molar-refractivity contribution < 1.29 is 18.7 Å². The maximum Gasteiger partial charge on any atom is 0.231 e. The molecule has 0 atom stereocenters. The molecule has 3 nitrogen and oxygen atoms in total. The quantitative estimate of drug-likeness (QED) is 0.803. The number of ketones is 1. The lowest BCUT2D eigenvalue weighted by Gasteiger charge is -2.03. The lowest BCUT2D eigenvalue weighted by Crippen LogP contribution is -1.98. The van der Waals surface area contributed by atoms with Crippen LogP contribution < -0.4 is 9.47 Å². The number of hydrogen-bond donors (Lipinski definition) is 0. The molecule has 0 spiro atoms. The number of benzene rings is 2. The molecule has 0 saturated carbocycles. The summed E-state index contributed by atoms with van der Waals surface area (Å²) in [6.45, 7) is 2.41. The molecule has 0 amide bonds. The molecule has 1 heterocycles. The summed E-state index contributed by atoms with van der Waals surface area (Å²) in [5.41, 5.74) is 0.778. The molecule has 0 bridgehead atoms. The highest BCUT2D eigenvalue weighted by Crippen LogP contribution is 2.35. The average molecular weight is 284 g/mol. The minimum absolute atomic E-state index is 0.115. The Balaban J connectivity index is 1.95. The Morgan fingerprint density at radius 3 is 2.81 bits per heavy atom. The van der Waals surface area contributed by atoms with Crippen LogP contribution in [0.3, 0.4) is 0 Å². The standard InChI is InChI=1S/C17H13FO3/c1-2-20-12-7-8-13-15(10-12)21-16(17(13)19)9-11-5-3-4-6-14(11)18/h3-10H,2H2,1H3/b16-9-. The van der Waals surface area contributed by atoms with E-state index in [4.69, 9.17) is 9.47 Å². The minimum Gasteiger partial charge on any atom is -0.494 e. The first kappa shape index (κ1) is 13.4. The van der Waals surface area contributed by atoms with Crippen LogP contribution in [0, 0.1) is 5.82 Å². The molecule has 1 aliphatic heterocycles. The first-order valence-corrected chi connectivity index (χ1v) is 6.64. The largest absolute Gasteiger partial charge is 0.494 e. The van der Waals surface area contributed by atoms with Crippen molar-refractivity contribution in [3.05, 3.63) is 65.2 Å². The van der Waals surface area contributed by atoms with Crippen LogP contribution in [0.25, 0.3) is 6.08 Å². The van der Waals surface area contributed by atoms with Gasteiger partial charge >= 0.3 is 0 Å². The van der Waals surface area contributed by atoms with E-state index < -0.39 is 5.82 Å². The molecule has 0 N–H and O–H groups in total. The topological polar surface area (TPSA) is 35.5 Å². The van der Waals surface area contributed by atoms with Gasteiger partial charge in [0, 0.05) is 11.6 Å². The summed E-state index contributed by atoms with van der Waals surface area (Å²) in [7, 11) is 0. The first-order valence-electron chi connectivity index (χ1n) is 6.64. The fourth-order valence-electron chi connectivity index (χ4n) is 2.16. The maximum atomic E-state index is 13.6. The molecule has 0 aliphatic carbocycles. The Labute approximate surface area is 121 Å². The lowest BCUT2D eigenvalue weighted by molar-refractivity contribution is 0.101. The number of carbonyl (C=O) groups is 1. The number of halogens is 1. The van der Waals surface area contributed by atoms with E-state index in [2.05, 4.69) is 0 Å². The number of carbonyl (C=O) groups excluding carboxylic acids is 1. The van der Waals surface area contributed by atoms with Crippen molar-refractivity contribution in [2.75, 3.05) is 6.61 Å². The molecular formula is C17H13FO3. The van der Waals surface area contributed by atoms with E-state index in [1.165, 1.54) is 12.1 Å². The van der Waals surface area contributed by atoms with Crippen molar-refractivity contribution in [2.24, 2.45) is 0 Å². The fraction of sp³-hybridized carbons (Fsp3) is 0.118. The monoisotopic (exact) mass is 284 g/mol. The van der Waals surface area contributed by atoms with E-state index >= 15 is 0 Å². The molecule has 0 aromatic heterocycles. The predicted octanol–water partition coefficient (Wildman–Crippen LogP) is 3.84. The van der Waals surface area contributed by atoms with E-state index in [-0.39, 0.29) is 11.5 Å². The zero-order valence-corrected chi connectivity index (χ0v) is 11.4. The highest BCUT2D eigenvalue weighted by molar-refractivity contribution is 6.14. The van der Waals surface area contributed by atoms with Gasteiger partial charge in [0.05, 0.1) is 12.2 Å². The normalized spacial score (nSPS) is 15.0. The van der Waals surface area contributed by atoms with Crippen molar-refractivity contribution >= 4 is 11.9 Å². The summed E-state index contributed by atoms with van der Waals surface area (Å²) in [5, 5.41) is 0. The van der Waals surface area contributed by atoms with Crippen LogP contribution in [0.5, 0.6) is 11.5 Å². The van der Waals surface area contributed by atoms with Gasteiger partial charge in [0.15, 0.2) is 5.76 Å². The van der Waals surface area contributed by atoms with E-state index in [1.807, 2.05) is 6.92 Å². The molecule has 0 radical (unpaired) electrons. The van der Waals surface area contributed by atoms with E-state index in [0.29, 0.717) is 29.2 Å². The Morgan fingerprint density at radius 2 is 2.05 bits per heavy atom. The molecule has 4 heteroatoms. The minimum atomic E-state index is -0.396. The summed E-state index contributed by atoms with van der Waals surface area (Å²) in [6, 6.07) is 11.3. The molecule has 106 valence electrons. The molecule has 21 heavy (non-hydrogen) atoms. The second-order valence-corrected chi connectivity index (χ2v) is 4.55. The third-order valence-corrected chi connectivity index (χ3v) is 3.14. The van der Waals surface area contributed by atoms with Crippen LogP contribution in [0.15, 0.2) is 48.2 Å². The summed E-state index contributed by atoms with van der Waals surface area (Å²) in [6.07, 6.45) is 1.41. The number of hydrogen-bond acceptors (Lipinski definition) is 3. The van der Waals surface area contributed by atoms with Gasteiger partial charge in [0.1, 0.15) is 17.3 Å². The van der Waals surface area contributed by atoms with Gasteiger partial charge in [0.2, 0.25) is 5.78 Å². The van der Waals surface area contributed by atoms with Gasteiger partial charge in [-0.25, -0.2) is 4.39 Å². The lowest BCUT2D eigenvalue weighted by atomic mass is 10.1. The van der Waals surface area contributed by atoms with Crippen LogP contribution in [0.1, 0.15) is 22.8 Å². The molecule has 1 aliphatic rings. The third-order valence-electron chi connectivity index (χ3n) is 3.14. The van der Waals surface area contributed by atoms with Crippen molar-refractivity contribution in [2.45, 2.75) is 6.92 Å². The summed E-state index contributed by atoms with van der Waals surface area (Å²) < 4.78 is 24.5. The van der Waals surface area contributed by atoms with Crippen molar-refractivity contribution in [1.82, 2.24) is 0 Å². The van der Waals surface area contributed by atoms with E-state index in [9.17, 15) is 9.18 Å². The highest BCUT2D eigenvalue weighted by Gasteiger charge is 2.27. The summed E-state index contributed by atoms with van der Waals surface area (Å²) in [4.78, 5) is 12.2. The number of fused-ring (bicyclic) bond motifs is 1. The highest BCUT2D eigenvalue weighted by atomic mass is 19.1. The van der Waals surface area contributed by atoms with Gasteiger partial charge in [-0.3, -0.25) is 4.79 Å². The Hall–Kier alpha value is -2.62. The van der Waals surface area contributed by atoms with E-state index in [1.54, 1.807) is 36.4 Å². The van der Waals surface area contributed by atoms with Crippen LogP contribution in [0.4, 0.5) is 4.39 Å². The molecule has 3 rings (SSSR count). The zero-order chi connectivity index (χ0) is 14.8. The average Bonchev–Trinajstić information content (AvgIpc) is 2.78. The van der Waals surface area contributed by atoms with E-state index in [0.717, 1.165) is 0 Å². The zero-order valence-electron chi connectivity index (χ0n) is 11.4. The number of rotatable bonds is 3. The smallest absolute Gasteiger partial charge is 0.231 e. The van der Waals surface area contributed by atoms with Crippen LogP contribution in [-0.4, -0.2) is 12.4 Å². The maximum absolute atomic E-state index is 13.6. The fourth-order valence-corrected chi connectivity index (χ4v) is 2.16. The van der Waals surface area contributed by atoms with Crippen LogP contribution >= 0.6 is 0 Å². The van der Waals surface area contributed by atoms with Crippen LogP contribution in [0.2, 0.25) is 0 Å². The Morgan fingerprint density at radius 1 is 1.24 bits per heavy atom. The van der Waals surface area contributed by atoms with Crippen molar-refractivity contribution in [1.29, 1.82) is 0 Å². The Bertz CT molecular complexity index is 735. The number of ether oxygens (including phenoxy) is 2. The SMILES string of the molecule is CCOc1ccc2c(c1)O/C(=C\c1ccccc1F)C2=O. The van der Waals surface area contributed by atoms with Crippen LogP contribution in [-0.2, 0) is 0 Å². The van der Waals surface area contributed by atoms with Gasteiger partial charge in [-0.15, -0.1) is 0 Å². The molecule has 2 aromatic rings. The summed E-state index contributed by atoms with van der Waals surface area (Å²) in [5.74, 6) is 0.539. The van der Waals surface area contributed by atoms with Crippen molar-refractivity contribution in [3.8, 4) is 11.5 Å². The molecule has 0 saturated heterocycles. The Kier molecular flexibility index (Phi) is 3.44. The molecule has 0 fully saturated rings.